The summed E-state index contributed by atoms with van der Waals surface area (Å²) in [6, 6.07) is 13.2. The molecule has 5 heteroatoms. The molecule has 3 rings (SSSR count). The predicted octanol–water partition coefficient (Wildman–Crippen LogP) is 3.75. The fourth-order valence-electron chi connectivity index (χ4n) is 2.71. The molecule has 0 unspecified atom stereocenters. The third-order valence-corrected chi connectivity index (χ3v) is 4.21. The maximum absolute atomic E-state index is 11.8. The summed E-state index contributed by atoms with van der Waals surface area (Å²) in [5, 5.41) is 4.57. The van der Waals surface area contributed by atoms with E-state index >= 15 is 0 Å². The molecule has 0 spiro atoms. The van der Waals surface area contributed by atoms with Crippen molar-refractivity contribution in [2.24, 2.45) is 5.10 Å². The minimum absolute atomic E-state index is 0.0588. The van der Waals surface area contributed by atoms with Gasteiger partial charge in [-0.25, -0.2) is 5.43 Å². The maximum Gasteiger partial charge on any atom is 0.277 e. The Morgan fingerprint density at radius 2 is 1.88 bits per heavy atom. The molecule has 24 heavy (non-hydrogen) atoms. The van der Waals surface area contributed by atoms with Gasteiger partial charge in [-0.05, 0) is 66.6 Å². The van der Waals surface area contributed by atoms with Gasteiger partial charge in [0, 0.05) is 5.02 Å². The number of hydrogen-bond acceptors (Lipinski definition) is 3. The summed E-state index contributed by atoms with van der Waals surface area (Å²) in [4.78, 5) is 11.8. The second-order valence-corrected chi connectivity index (χ2v) is 6.21. The van der Waals surface area contributed by atoms with Crippen LogP contribution in [0, 0.1) is 0 Å². The number of nitrogens with zero attached hydrogens (tertiary/aromatic N) is 1. The molecular weight excluding hydrogens is 324 g/mol. The van der Waals surface area contributed by atoms with Crippen LogP contribution in [-0.4, -0.2) is 18.7 Å². The number of carbonyl (C=O) groups is 1. The van der Waals surface area contributed by atoms with Gasteiger partial charge in [0.25, 0.3) is 5.91 Å². The van der Waals surface area contributed by atoms with Crippen LogP contribution in [-0.2, 0) is 17.6 Å². The van der Waals surface area contributed by atoms with Crippen molar-refractivity contribution in [1.82, 2.24) is 5.43 Å². The van der Waals surface area contributed by atoms with Crippen LogP contribution in [0.1, 0.15) is 29.5 Å². The van der Waals surface area contributed by atoms with E-state index in [1.54, 1.807) is 18.3 Å². The zero-order valence-corrected chi connectivity index (χ0v) is 14.1. The van der Waals surface area contributed by atoms with Crippen molar-refractivity contribution in [2.75, 3.05) is 6.61 Å². The summed E-state index contributed by atoms with van der Waals surface area (Å²) < 4.78 is 5.55. The lowest BCUT2D eigenvalue weighted by atomic mass is 9.92. The van der Waals surface area contributed by atoms with Gasteiger partial charge in [0.05, 0.1) is 6.21 Å². The van der Waals surface area contributed by atoms with E-state index in [4.69, 9.17) is 16.3 Å². The molecule has 0 saturated carbocycles. The Hall–Kier alpha value is -2.33. The predicted molar refractivity (Wildman–Crippen MR) is 95.8 cm³/mol. The van der Waals surface area contributed by atoms with Crippen molar-refractivity contribution in [3.8, 4) is 5.75 Å². The fraction of sp³-hybridized carbons (Fsp3) is 0.263. The number of rotatable bonds is 5. The Kier molecular flexibility index (Phi) is 5.49. The van der Waals surface area contributed by atoms with Gasteiger partial charge >= 0.3 is 0 Å². The highest BCUT2D eigenvalue weighted by Gasteiger charge is 2.10. The molecule has 0 aliphatic heterocycles. The highest BCUT2D eigenvalue weighted by molar-refractivity contribution is 6.30. The zero-order chi connectivity index (χ0) is 16.8. The smallest absolute Gasteiger partial charge is 0.277 e. The van der Waals surface area contributed by atoms with Crippen molar-refractivity contribution in [1.29, 1.82) is 0 Å². The molecule has 1 aliphatic carbocycles. The second-order valence-electron chi connectivity index (χ2n) is 5.77. The maximum atomic E-state index is 11.8. The average molecular weight is 343 g/mol. The lowest BCUT2D eigenvalue weighted by molar-refractivity contribution is -0.123. The van der Waals surface area contributed by atoms with E-state index in [0.717, 1.165) is 24.2 Å². The summed E-state index contributed by atoms with van der Waals surface area (Å²) in [6.07, 6.45) is 6.25. The van der Waals surface area contributed by atoms with Gasteiger partial charge in [-0.2, -0.15) is 5.10 Å². The number of carbonyl (C=O) groups excluding carboxylic acids is 1. The molecule has 1 amide bonds. The largest absolute Gasteiger partial charge is 0.484 e. The first-order valence-electron chi connectivity index (χ1n) is 8.03. The van der Waals surface area contributed by atoms with E-state index in [0.29, 0.717) is 5.02 Å². The van der Waals surface area contributed by atoms with Crippen LogP contribution < -0.4 is 10.2 Å². The first-order chi connectivity index (χ1) is 11.7. The molecule has 0 radical (unpaired) electrons. The number of ether oxygens (including phenoxy) is 1. The molecule has 0 saturated heterocycles. The van der Waals surface area contributed by atoms with Gasteiger partial charge in [-0.1, -0.05) is 29.8 Å². The van der Waals surface area contributed by atoms with E-state index in [9.17, 15) is 4.79 Å². The van der Waals surface area contributed by atoms with Crippen molar-refractivity contribution in [3.05, 3.63) is 64.2 Å². The number of aryl methyl sites for hydroxylation is 2. The van der Waals surface area contributed by atoms with Crippen LogP contribution in [0.4, 0.5) is 0 Å². The Balaban J connectivity index is 1.48. The summed E-state index contributed by atoms with van der Waals surface area (Å²) in [7, 11) is 0. The van der Waals surface area contributed by atoms with Crippen LogP contribution in [0.2, 0.25) is 5.02 Å². The second kappa shape index (κ2) is 7.97. The van der Waals surface area contributed by atoms with Crippen molar-refractivity contribution in [2.45, 2.75) is 25.7 Å². The van der Waals surface area contributed by atoms with Crippen molar-refractivity contribution >= 4 is 23.7 Å². The molecule has 1 N–H and O–H groups in total. The highest BCUT2D eigenvalue weighted by Crippen LogP contribution is 2.25. The van der Waals surface area contributed by atoms with Crippen LogP contribution >= 0.6 is 11.6 Å². The molecular formula is C19H19ClN2O2. The normalized spacial score (nSPS) is 13.5. The first kappa shape index (κ1) is 16.5. The lowest BCUT2D eigenvalue weighted by Gasteiger charge is -2.16. The topological polar surface area (TPSA) is 50.7 Å². The van der Waals surface area contributed by atoms with Gasteiger partial charge in [0.1, 0.15) is 5.75 Å². The van der Waals surface area contributed by atoms with Crippen molar-refractivity contribution < 1.29 is 9.53 Å². The molecule has 0 atom stereocenters. The van der Waals surface area contributed by atoms with E-state index in [1.807, 2.05) is 24.3 Å². The number of amides is 1. The number of nitrogens with one attached hydrogen (secondary N) is 1. The van der Waals surface area contributed by atoms with Crippen molar-refractivity contribution in [3.63, 3.8) is 0 Å². The summed E-state index contributed by atoms with van der Waals surface area (Å²) in [5.41, 5.74) is 6.03. The zero-order valence-electron chi connectivity index (χ0n) is 13.3. The number of halogens is 1. The molecule has 2 aromatic carbocycles. The van der Waals surface area contributed by atoms with Crippen LogP contribution in [0.15, 0.2) is 47.6 Å². The Labute approximate surface area is 146 Å². The SMILES string of the molecule is O=C(COc1ccc2c(c1)CCCC2)N/N=C/c1ccc(Cl)cc1. The van der Waals surface area contributed by atoms with Gasteiger partial charge in [-0.15, -0.1) is 0 Å². The van der Waals surface area contributed by atoms with Gasteiger partial charge in [0.2, 0.25) is 0 Å². The third kappa shape index (κ3) is 4.59. The molecule has 124 valence electrons. The van der Waals surface area contributed by atoms with Crippen LogP contribution in [0.3, 0.4) is 0 Å². The van der Waals surface area contributed by atoms with Gasteiger partial charge < -0.3 is 4.74 Å². The lowest BCUT2D eigenvalue weighted by Crippen LogP contribution is -2.24. The Morgan fingerprint density at radius 3 is 2.67 bits per heavy atom. The first-order valence-corrected chi connectivity index (χ1v) is 8.40. The summed E-state index contributed by atoms with van der Waals surface area (Å²) in [5.74, 6) is 0.436. The molecule has 4 nitrogen and oxygen atoms in total. The number of benzene rings is 2. The van der Waals surface area contributed by atoms with E-state index in [1.165, 1.54) is 24.0 Å². The minimum Gasteiger partial charge on any atom is -0.484 e. The monoisotopic (exact) mass is 342 g/mol. The number of hydrazone groups is 1. The molecule has 0 bridgehead atoms. The average Bonchev–Trinajstić information content (AvgIpc) is 2.61. The molecule has 1 aliphatic rings. The van der Waals surface area contributed by atoms with E-state index < -0.39 is 0 Å². The molecule has 0 aromatic heterocycles. The quantitative estimate of drug-likeness (QED) is 0.664. The van der Waals surface area contributed by atoms with E-state index in [2.05, 4.69) is 16.6 Å². The number of fused-ring (bicyclic) bond motifs is 1. The molecule has 0 fully saturated rings. The highest BCUT2D eigenvalue weighted by atomic mass is 35.5. The summed E-state index contributed by atoms with van der Waals surface area (Å²) in [6.45, 7) is -0.0588. The van der Waals surface area contributed by atoms with Crippen LogP contribution in [0.25, 0.3) is 0 Å². The summed E-state index contributed by atoms with van der Waals surface area (Å²) >= 11 is 5.81. The standard InChI is InChI=1S/C19H19ClN2O2/c20-17-8-5-14(6-9-17)12-21-22-19(23)13-24-18-10-7-15-3-1-2-4-16(15)11-18/h5-12H,1-4,13H2,(H,22,23)/b21-12+. The fourth-order valence-corrected chi connectivity index (χ4v) is 2.83. The molecule has 2 aromatic rings. The Morgan fingerprint density at radius 1 is 1.12 bits per heavy atom. The minimum atomic E-state index is -0.294. The van der Waals surface area contributed by atoms with Gasteiger partial charge in [0.15, 0.2) is 6.61 Å². The Bertz CT molecular complexity index is 742. The van der Waals surface area contributed by atoms with Gasteiger partial charge in [-0.3, -0.25) is 4.79 Å². The van der Waals surface area contributed by atoms with Crippen LogP contribution in [0.5, 0.6) is 5.75 Å². The number of hydrogen-bond donors (Lipinski definition) is 1. The third-order valence-electron chi connectivity index (χ3n) is 3.96. The molecule has 0 heterocycles. The van der Waals surface area contributed by atoms with E-state index in [-0.39, 0.29) is 12.5 Å².